The molecule has 0 unspecified atom stereocenters. The van der Waals surface area contributed by atoms with Gasteiger partial charge < -0.3 is 14.7 Å². The third-order valence-electron chi connectivity index (χ3n) is 11.3. The Hall–Kier alpha value is -6.71. The van der Waals surface area contributed by atoms with Gasteiger partial charge in [-0.3, -0.25) is 0 Å². The molecule has 5 heteroatoms. The number of hydrogen-bond donors (Lipinski definition) is 0. The molecule has 246 valence electrons. The van der Waals surface area contributed by atoms with Gasteiger partial charge in [-0.15, -0.1) is 0 Å². The van der Waals surface area contributed by atoms with Gasteiger partial charge in [0.1, 0.15) is 0 Å². The zero-order valence-electron chi connectivity index (χ0n) is 29.0. The number of anilines is 9. The smallest absolute Gasteiger partial charge is 0.246 e. The molecule has 0 atom stereocenters. The lowest BCUT2D eigenvalue weighted by Gasteiger charge is -2.41. The number of rotatable bonds is 3. The molecule has 0 spiro atoms. The van der Waals surface area contributed by atoms with Crippen LogP contribution in [0.3, 0.4) is 0 Å². The van der Waals surface area contributed by atoms with Crippen molar-refractivity contribution in [2.24, 2.45) is 0 Å². The van der Waals surface area contributed by atoms with Crippen molar-refractivity contribution in [3.05, 3.63) is 200 Å². The first-order valence-electron chi connectivity index (χ1n) is 18.4. The van der Waals surface area contributed by atoms with Gasteiger partial charge in [0.15, 0.2) is 0 Å². The number of para-hydroxylation sites is 3. The van der Waals surface area contributed by atoms with Crippen LogP contribution in [0.15, 0.2) is 200 Å². The summed E-state index contributed by atoms with van der Waals surface area (Å²) in [6, 6.07) is 73.9. The monoisotopic (exact) mass is 673 g/mol. The Bertz CT molecular complexity index is 2500. The first-order valence-corrected chi connectivity index (χ1v) is 18.4. The molecule has 3 heterocycles. The molecule has 0 aliphatic carbocycles. The van der Waals surface area contributed by atoms with Gasteiger partial charge in [-0.1, -0.05) is 144 Å². The van der Waals surface area contributed by atoms with Gasteiger partial charge in [-0.05, 0) is 88.6 Å². The number of hydrogen-bond acceptors (Lipinski definition) is 3. The minimum atomic E-state index is 0.101. The second kappa shape index (κ2) is 11.9. The summed E-state index contributed by atoms with van der Waals surface area (Å²) in [6.45, 7) is 0.201. The van der Waals surface area contributed by atoms with Gasteiger partial charge in [0, 0.05) is 51.2 Å². The van der Waals surface area contributed by atoms with E-state index in [1.165, 1.54) is 55.5 Å². The maximum absolute atomic E-state index is 2.49. The van der Waals surface area contributed by atoms with E-state index in [1.54, 1.807) is 0 Å². The fourth-order valence-corrected chi connectivity index (χ4v) is 9.04. The minimum Gasteiger partial charge on any atom is -0.311 e. The number of fused-ring (bicyclic) bond motifs is 10. The first-order chi connectivity index (χ1) is 26.3. The Labute approximate surface area is 311 Å². The molecule has 3 nitrogen and oxygen atoms in total. The minimum absolute atomic E-state index is 0.101. The van der Waals surface area contributed by atoms with Crippen molar-refractivity contribution in [1.29, 1.82) is 0 Å². The Morgan fingerprint density at radius 1 is 0.245 bits per heavy atom. The second-order valence-electron chi connectivity index (χ2n) is 14.2. The zero-order valence-corrected chi connectivity index (χ0v) is 29.0. The molecular formula is C48H33B2N3. The first kappa shape index (κ1) is 30.0. The molecule has 8 aromatic carbocycles. The molecule has 0 amide bonds. The van der Waals surface area contributed by atoms with Crippen molar-refractivity contribution in [1.82, 2.24) is 0 Å². The molecule has 0 N–H and O–H groups in total. The van der Waals surface area contributed by atoms with Crippen LogP contribution in [-0.2, 0) is 0 Å². The summed E-state index contributed by atoms with van der Waals surface area (Å²) in [5.74, 6) is 0. The van der Waals surface area contributed by atoms with Crippen molar-refractivity contribution in [2.75, 3.05) is 14.7 Å². The van der Waals surface area contributed by atoms with Crippen LogP contribution >= 0.6 is 0 Å². The topological polar surface area (TPSA) is 9.72 Å². The molecule has 0 fully saturated rings. The van der Waals surface area contributed by atoms with E-state index in [-0.39, 0.29) is 13.4 Å². The SMILES string of the molecule is c1ccc(B2c3ccccc3N3c4cccc(c4)N4c5ccccc5B(c5ccccc5)c5ccc(cc54)N(c4ccccc4)c4ccc2c3c4)cc1. The standard InChI is InChI=1S/C48H33B2N3/c1-4-15-34(16-5-1)49-41-23-10-12-25-45(41)52-37-21-14-22-38(31-37)53-46-26-13-11-24-42(46)50(35-17-6-2-7-18-35)44-30-28-40(33-48(44)53)51(36-19-8-3-9-20-36)39-27-29-43(49)47(52)32-39/h1-33H. The van der Waals surface area contributed by atoms with Crippen molar-refractivity contribution < 1.29 is 0 Å². The fourth-order valence-electron chi connectivity index (χ4n) is 9.04. The summed E-state index contributed by atoms with van der Waals surface area (Å²) in [5.41, 5.74) is 18.2. The highest BCUT2D eigenvalue weighted by Crippen LogP contribution is 2.46. The van der Waals surface area contributed by atoms with Crippen LogP contribution in [0.25, 0.3) is 0 Å². The van der Waals surface area contributed by atoms with Gasteiger partial charge >= 0.3 is 0 Å². The maximum Gasteiger partial charge on any atom is 0.246 e. The molecule has 3 aliphatic rings. The Morgan fingerprint density at radius 2 is 0.623 bits per heavy atom. The molecule has 3 aliphatic heterocycles. The molecular weight excluding hydrogens is 640 g/mol. The predicted octanol–water partition coefficient (Wildman–Crippen LogP) is 8.07. The van der Waals surface area contributed by atoms with Crippen LogP contribution in [0.2, 0.25) is 0 Å². The van der Waals surface area contributed by atoms with E-state index in [2.05, 4.69) is 215 Å². The van der Waals surface area contributed by atoms with E-state index in [0.29, 0.717) is 0 Å². The van der Waals surface area contributed by atoms with Crippen molar-refractivity contribution in [2.45, 2.75) is 0 Å². The van der Waals surface area contributed by atoms with E-state index < -0.39 is 0 Å². The van der Waals surface area contributed by atoms with Crippen LogP contribution in [0, 0.1) is 0 Å². The van der Waals surface area contributed by atoms with E-state index in [1.807, 2.05) is 0 Å². The summed E-state index contributed by atoms with van der Waals surface area (Å²) in [4.78, 5) is 7.39. The highest BCUT2D eigenvalue weighted by atomic mass is 15.2. The van der Waals surface area contributed by atoms with Crippen molar-refractivity contribution in [3.63, 3.8) is 0 Å². The van der Waals surface area contributed by atoms with Crippen LogP contribution in [0.5, 0.6) is 0 Å². The lowest BCUT2D eigenvalue weighted by atomic mass is 9.35. The quantitative estimate of drug-likeness (QED) is 0.176. The fraction of sp³-hybridized carbons (Fsp3) is 0. The molecule has 53 heavy (non-hydrogen) atoms. The Morgan fingerprint density at radius 3 is 1.11 bits per heavy atom. The van der Waals surface area contributed by atoms with E-state index in [9.17, 15) is 0 Å². The van der Waals surface area contributed by atoms with Crippen LogP contribution in [0.1, 0.15) is 0 Å². The van der Waals surface area contributed by atoms with Gasteiger partial charge in [-0.2, -0.15) is 0 Å². The molecule has 0 radical (unpaired) electrons. The number of benzene rings is 8. The molecule has 0 saturated heterocycles. The largest absolute Gasteiger partial charge is 0.311 e. The third-order valence-corrected chi connectivity index (χ3v) is 11.3. The summed E-state index contributed by atoms with van der Waals surface area (Å²) in [5, 5.41) is 0. The van der Waals surface area contributed by atoms with Gasteiger partial charge in [0.25, 0.3) is 0 Å². The molecule has 8 aromatic rings. The van der Waals surface area contributed by atoms with Crippen molar-refractivity contribution >= 4 is 97.4 Å². The predicted molar refractivity (Wildman–Crippen MR) is 226 cm³/mol. The second-order valence-corrected chi connectivity index (χ2v) is 14.2. The molecule has 6 bridgehead atoms. The zero-order chi connectivity index (χ0) is 34.9. The summed E-state index contributed by atoms with van der Waals surface area (Å²) in [6.07, 6.45) is 0. The molecule has 0 saturated carbocycles. The Balaban J connectivity index is 1.24. The normalized spacial score (nSPS) is 13.5. The van der Waals surface area contributed by atoms with Gasteiger partial charge in [-0.25, -0.2) is 0 Å². The van der Waals surface area contributed by atoms with E-state index >= 15 is 0 Å². The van der Waals surface area contributed by atoms with E-state index in [0.717, 1.165) is 28.4 Å². The lowest BCUT2D eigenvalue weighted by molar-refractivity contribution is 1.22. The highest BCUT2D eigenvalue weighted by molar-refractivity contribution is 6.98. The van der Waals surface area contributed by atoms with Gasteiger partial charge in [0.2, 0.25) is 13.4 Å². The van der Waals surface area contributed by atoms with Crippen LogP contribution in [0.4, 0.5) is 51.2 Å². The third kappa shape index (κ3) is 4.64. The Kier molecular flexibility index (Phi) is 6.75. The van der Waals surface area contributed by atoms with Crippen LogP contribution in [-0.4, -0.2) is 13.4 Å². The van der Waals surface area contributed by atoms with Crippen molar-refractivity contribution in [3.8, 4) is 0 Å². The van der Waals surface area contributed by atoms with Crippen LogP contribution < -0.4 is 47.5 Å². The summed E-state index contributed by atoms with van der Waals surface area (Å²) in [7, 11) is 0. The average Bonchev–Trinajstić information content (AvgIpc) is 3.22. The summed E-state index contributed by atoms with van der Waals surface area (Å²) >= 11 is 0. The van der Waals surface area contributed by atoms with Gasteiger partial charge in [0.05, 0.1) is 0 Å². The lowest BCUT2D eigenvalue weighted by Crippen LogP contribution is -2.57. The molecule has 11 rings (SSSR count). The maximum atomic E-state index is 2.49. The van der Waals surface area contributed by atoms with E-state index in [4.69, 9.17) is 0 Å². The summed E-state index contributed by atoms with van der Waals surface area (Å²) < 4.78 is 0. The average molecular weight is 673 g/mol. The number of nitrogens with zero attached hydrogens (tertiary/aromatic N) is 3. The molecule has 0 aromatic heterocycles. The highest BCUT2D eigenvalue weighted by Gasteiger charge is 2.38.